The summed E-state index contributed by atoms with van der Waals surface area (Å²) in [7, 11) is 3.22. The van der Waals surface area contributed by atoms with E-state index in [0.717, 1.165) is 0 Å². The van der Waals surface area contributed by atoms with Crippen LogP contribution in [0.4, 0.5) is 20.2 Å². The van der Waals surface area contributed by atoms with Gasteiger partial charge in [-0.2, -0.15) is 0 Å². The predicted octanol–water partition coefficient (Wildman–Crippen LogP) is 1.11. The van der Waals surface area contributed by atoms with Crippen molar-refractivity contribution in [2.75, 3.05) is 37.9 Å². The minimum atomic E-state index is -3.72. The van der Waals surface area contributed by atoms with Crippen LogP contribution in [0.2, 0.25) is 0 Å². The SMILES string of the molecule is COc1cccc(NC(=O)C[NH+](C)CC(=O)Nc2ccc3c(c2)OC(F)(F)O3)c1. The first-order valence-electron chi connectivity index (χ1n) is 8.69. The lowest BCUT2D eigenvalue weighted by atomic mass is 10.2. The number of likely N-dealkylation sites (N-methyl/N-ethyl adjacent to an activating group) is 1. The summed E-state index contributed by atoms with van der Waals surface area (Å²) in [6.07, 6.45) is -3.72. The molecule has 1 aliphatic heterocycles. The maximum atomic E-state index is 13.0. The Kier molecular flexibility index (Phi) is 5.83. The minimum absolute atomic E-state index is 0.00384. The van der Waals surface area contributed by atoms with Gasteiger partial charge in [0.15, 0.2) is 24.6 Å². The van der Waals surface area contributed by atoms with Gasteiger partial charge in [-0.15, -0.1) is 8.78 Å². The number of carbonyl (C=O) groups excluding carboxylic acids is 2. The topological polar surface area (TPSA) is 90.3 Å². The molecule has 3 N–H and O–H groups in total. The molecule has 3 rings (SSSR count). The molecule has 1 unspecified atom stereocenters. The van der Waals surface area contributed by atoms with Crippen molar-refractivity contribution in [1.29, 1.82) is 0 Å². The maximum Gasteiger partial charge on any atom is 0.586 e. The Bertz CT molecular complexity index is 922. The molecule has 0 aliphatic carbocycles. The van der Waals surface area contributed by atoms with Crippen LogP contribution in [0.25, 0.3) is 0 Å². The molecule has 0 saturated carbocycles. The van der Waals surface area contributed by atoms with E-state index in [2.05, 4.69) is 20.1 Å². The van der Waals surface area contributed by atoms with Crippen LogP contribution >= 0.6 is 0 Å². The van der Waals surface area contributed by atoms with Crippen LogP contribution in [0.1, 0.15) is 0 Å². The number of hydrogen-bond acceptors (Lipinski definition) is 5. The number of ether oxygens (including phenoxy) is 3. The van der Waals surface area contributed by atoms with Crippen molar-refractivity contribution in [2.45, 2.75) is 6.29 Å². The number of methoxy groups -OCH3 is 1. The fourth-order valence-corrected chi connectivity index (χ4v) is 2.75. The summed E-state index contributed by atoms with van der Waals surface area (Å²) >= 11 is 0. The van der Waals surface area contributed by atoms with Crippen LogP contribution in [0, 0.1) is 0 Å². The van der Waals surface area contributed by atoms with Gasteiger partial charge in [0, 0.05) is 23.5 Å². The highest BCUT2D eigenvalue weighted by Crippen LogP contribution is 2.42. The van der Waals surface area contributed by atoms with E-state index < -0.39 is 6.29 Å². The number of nitrogens with one attached hydrogen (secondary N) is 3. The smallest absolute Gasteiger partial charge is 0.497 e. The Morgan fingerprint density at radius 2 is 1.62 bits per heavy atom. The van der Waals surface area contributed by atoms with Crippen molar-refractivity contribution in [3.8, 4) is 17.2 Å². The van der Waals surface area contributed by atoms with Gasteiger partial charge in [-0.05, 0) is 24.3 Å². The number of carbonyl (C=O) groups is 2. The van der Waals surface area contributed by atoms with Gasteiger partial charge in [0.1, 0.15) is 5.75 Å². The van der Waals surface area contributed by atoms with E-state index >= 15 is 0 Å². The molecule has 2 aromatic carbocycles. The lowest BCUT2D eigenvalue weighted by Crippen LogP contribution is -3.11. The van der Waals surface area contributed by atoms with Gasteiger partial charge in [0.25, 0.3) is 11.8 Å². The number of amides is 2. The fraction of sp³-hybridized carbons (Fsp3) is 0.263. The van der Waals surface area contributed by atoms with Crippen molar-refractivity contribution in [3.63, 3.8) is 0 Å². The summed E-state index contributed by atoms with van der Waals surface area (Å²) in [4.78, 5) is 25.0. The van der Waals surface area contributed by atoms with E-state index in [1.807, 2.05) is 0 Å². The van der Waals surface area contributed by atoms with Crippen LogP contribution in [-0.4, -0.2) is 45.4 Å². The van der Waals surface area contributed by atoms with Crippen LogP contribution in [0.5, 0.6) is 17.2 Å². The van der Waals surface area contributed by atoms with Crippen molar-refractivity contribution in [1.82, 2.24) is 0 Å². The molecule has 8 nitrogen and oxygen atoms in total. The summed E-state index contributed by atoms with van der Waals surface area (Å²) in [5, 5.41) is 5.31. The number of hydrogen-bond donors (Lipinski definition) is 3. The zero-order chi connectivity index (χ0) is 21.0. The number of fused-ring (bicyclic) bond motifs is 1. The lowest BCUT2D eigenvalue weighted by molar-refractivity contribution is -0.862. The summed E-state index contributed by atoms with van der Waals surface area (Å²) < 4.78 is 39.8. The highest BCUT2D eigenvalue weighted by atomic mass is 19.3. The third kappa shape index (κ3) is 5.55. The molecule has 1 heterocycles. The summed E-state index contributed by atoms with van der Waals surface area (Å²) in [6, 6.07) is 10.9. The Balaban J connectivity index is 1.49. The van der Waals surface area contributed by atoms with Crippen molar-refractivity contribution < 1.29 is 37.5 Å². The third-order valence-corrected chi connectivity index (χ3v) is 3.96. The largest absolute Gasteiger partial charge is 0.586 e. The molecule has 0 spiro atoms. The fourth-order valence-electron chi connectivity index (χ4n) is 2.75. The van der Waals surface area contributed by atoms with Gasteiger partial charge in [0.05, 0.1) is 14.2 Å². The van der Waals surface area contributed by atoms with Crippen molar-refractivity contribution in [2.24, 2.45) is 0 Å². The second-order valence-electron chi connectivity index (χ2n) is 6.47. The standard InChI is InChI=1S/C19H19F2N3O5/c1-24(10-17(25)22-12-4-3-5-14(8-12)27-2)11-18(26)23-13-6-7-15-16(9-13)29-19(20,21)28-15/h3-9H,10-11H2,1-2H3,(H,22,25)(H,23,26)/p+1. The van der Waals surface area contributed by atoms with Crippen LogP contribution in [0.15, 0.2) is 42.5 Å². The number of rotatable bonds is 7. The van der Waals surface area contributed by atoms with E-state index in [9.17, 15) is 18.4 Å². The van der Waals surface area contributed by atoms with Gasteiger partial charge >= 0.3 is 6.29 Å². The Hall–Kier alpha value is -3.40. The molecule has 1 atom stereocenters. The zero-order valence-electron chi connectivity index (χ0n) is 15.8. The predicted molar refractivity (Wildman–Crippen MR) is 99.5 cm³/mol. The molecule has 0 radical (unpaired) electrons. The summed E-state index contributed by atoms with van der Waals surface area (Å²) in [5.41, 5.74) is 0.868. The number of quaternary nitrogens is 1. The van der Waals surface area contributed by atoms with E-state index in [1.165, 1.54) is 25.3 Å². The minimum Gasteiger partial charge on any atom is -0.497 e. The average molecular weight is 408 g/mol. The first-order chi connectivity index (χ1) is 13.7. The molecular formula is C19H20F2N3O5+. The third-order valence-electron chi connectivity index (χ3n) is 3.96. The Morgan fingerprint density at radius 3 is 2.28 bits per heavy atom. The van der Waals surface area contributed by atoms with Gasteiger partial charge in [-0.3, -0.25) is 9.59 Å². The van der Waals surface area contributed by atoms with Gasteiger partial charge < -0.3 is 29.7 Å². The highest BCUT2D eigenvalue weighted by Gasteiger charge is 2.43. The lowest BCUT2D eigenvalue weighted by Gasteiger charge is -2.14. The summed E-state index contributed by atoms with van der Waals surface area (Å²) in [5.74, 6) is -0.309. The second-order valence-corrected chi connectivity index (χ2v) is 6.47. The van der Waals surface area contributed by atoms with Gasteiger partial charge in [-0.1, -0.05) is 6.07 Å². The second kappa shape index (κ2) is 8.31. The first-order valence-corrected chi connectivity index (χ1v) is 8.69. The maximum absolute atomic E-state index is 13.0. The van der Waals surface area contributed by atoms with E-state index in [0.29, 0.717) is 16.3 Å². The monoisotopic (exact) mass is 408 g/mol. The molecule has 0 bridgehead atoms. The molecule has 154 valence electrons. The number of anilines is 2. The molecule has 1 aliphatic rings. The van der Waals surface area contributed by atoms with E-state index in [4.69, 9.17) is 4.74 Å². The van der Waals surface area contributed by atoms with E-state index in [-0.39, 0.29) is 42.1 Å². The van der Waals surface area contributed by atoms with Crippen LogP contribution in [-0.2, 0) is 9.59 Å². The number of halogens is 2. The average Bonchev–Trinajstić information content (AvgIpc) is 2.94. The van der Waals surface area contributed by atoms with Crippen molar-refractivity contribution >= 4 is 23.2 Å². The van der Waals surface area contributed by atoms with Crippen LogP contribution < -0.4 is 29.7 Å². The quantitative estimate of drug-likeness (QED) is 0.639. The highest BCUT2D eigenvalue weighted by molar-refractivity contribution is 5.93. The van der Waals surface area contributed by atoms with Crippen LogP contribution in [0.3, 0.4) is 0 Å². The van der Waals surface area contributed by atoms with E-state index in [1.54, 1.807) is 31.3 Å². The normalized spacial score (nSPS) is 14.8. The number of alkyl halides is 2. The molecule has 0 fully saturated rings. The van der Waals surface area contributed by atoms with Gasteiger partial charge in [-0.25, -0.2) is 0 Å². The Labute approximate surface area is 165 Å². The molecule has 0 aromatic heterocycles. The summed E-state index contributed by atoms with van der Waals surface area (Å²) in [6.45, 7) is 0.0497. The van der Waals surface area contributed by atoms with Gasteiger partial charge in [0.2, 0.25) is 0 Å². The number of benzene rings is 2. The molecule has 29 heavy (non-hydrogen) atoms. The molecule has 2 aromatic rings. The van der Waals surface area contributed by atoms with Crippen molar-refractivity contribution in [3.05, 3.63) is 42.5 Å². The zero-order valence-corrected chi connectivity index (χ0v) is 15.8. The molecular weight excluding hydrogens is 388 g/mol. The molecule has 0 saturated heterocycles. The first kappa shape index (κ1) is 20.3. The molecule has 2 amide bonds. The molecule has 10 heteroatoms. The Morgan fingerprint density at radius 1 is 1.00 bits per heavy atom.